The molecule has 0 bridgehead atoms. The van der Waals surface area contributed by atoms with Gasteiger partial charge in [0.15, 0.2) is 0 Å². The third kappa shape index (κ3) is 2.54. The van der Waals surface area contributed by atoms with E-state index in [1.54, 1.807) is 11.3 Å². The second-order valence-electron chi connectivity index (χ2n) is 4.08. The lowest BCUT2D eigenvalue weighted by atomic mass is 9.89. The van der Waals surface area contributed by atoms with Crippen molar-refractivity contribution in [2.75, 3.05) is 5.88 Å². The monoisotopic (exact) mass is 266 g/mol. The Bertz CT molecular complexity index is 480. The zero-order valence-electron chi connectivity index (χ0n) is 9.69. The fourth-order valence-electron chi connectivity index (χ4n) is 1.92. The van der Waals surface area contributed by atoms with Crippen molar-refractivity contribution in [1.29, 1.82) is 0 Å². The molecule has 0 amide bonds. The van der Waals surface area contributed by atoms with Crippen molar-refractivity contribution in [3.8, 4) is 0 Å². The van der Waals surface area contributed by atoms with Gasteiger partial charge < -0.3 is 5.11 Å². The SMILES string of the molecule is Cc1ccc(C(O)(CCCl)c2ccccc2)s1. The van der Waals surface area contributed by atoms with Crippen molar-refractivity contribution in [3.05, 3.63) is 57.8 Å². The van der Waals surface area contributed by atoms with Crippen LogP contribution in [0.2, 0.25) is 0 Å². The maximum atomic E-state index is 10.9. The second kappa shape index (κ2) is 5.21. The second-order valence-corrected chi connectivity index (χ2v) is 5.74. The van der Waals surface area contributed by atoms with E-state index in [9.17, 15) is 5.11 Å². The van der Waals surface area contributed by atoms with Crippen LogP contribution >= 0.6 is 22.9 Å². The summed E-state index contributed by atoms with van der Waals surface area (Å²) in [7, 11) is 0. The van der Waals surface area contributed by atoms with Gasteiger partial charge >= 0.3 is 0 Å². The Hall–Kier alpha value is -0.830. The molecule has 0 aliphatic rings. The van der Waals surface area contributed by atoms with E-state index in [1.807, 2.05) is 49.4 Å². The summed E-state index contributed by atoms with van der Waals surface area (Å²) >= 11 is 7.46. The molecule has 2 rings (SSSR count). The quantitative estimate of drug-likeness (QED) is 0.832. The van der Waals surface area contributed by atoms with Crippen LogP contribution in [0.5, 0.6) is 0 Å². The number of hydrogen-bond donors (Lipinski definition) is 1. The molecule has 1 atom stereocenters. The minimum absolute atomic E-state index is 0.433. The van der Waals surface area contributed by atoms with E-state index in [1.165, 1.54) is 4.88 Å². The van der Waals surface area contributed by atoms with Gasteiger partial charge in [0, 0.05) is 15.6 Å². The first-order valence-corrected chi connectivity index (χ1v) is 6.93. The summed E-state index contributed by atoms with van der Waals surface area (Å²) in [5.41, 5.74) is -0.0513. The number of alkyl halides is 1. The van der Waals surface area contributed by atoms with Gasteiger partial charge in [0.1, 0.15) is 5.60 Å². The Kier molecular flexibility index (Phi) is 3.87. The summed E-state index contributed by atoms with van der Waals surface area (Å²) in [6.45, 7) is 2.04. The molecule has 2 aromatic rings. The van der Waals surface area contributed by atoms with Crippen LogP contribution in [0.25, 0.3) is 0 Å². The molecular weight excluding hydrogens is 252 g/mol. The van der Waals surface area contributed by atoms with Crippen LogP contribution in [0.4, 0.5) is 0 Å². The molecule has 1 N–H and O–H groups in total. The van der Waals surface area contributed by atoms with Gasteiger partial charge in [-0.15, -0.1) is 22.9 Å². The number of aryl methyl sites for hydroxylation is 1. The van der Waals surface area contributed by atoms with Crippen molar-refractivity contribution >= 4 is 22.9 Å². The van der Waals surface area contributed by atoms with Crippen molar-refractivity contribution in [2.24, 2.45) is 0 Å². The predicted molar refractivity (Wildman–Crippen MR) is 73.8 cm³/mol. The lowest BCUT2D eigenvalue weighted by Crippen LogP contribution is -2.26. The average molecular weight is 267 g/mol. The number of aliphatic hydroxyl groups is 1. The number of benzene rings is 1. The van der Waals surface area contributed by atoms with Crippen molar-refractivity contribution in [3.63, 3.8) is 0 Å². The minimum Gasteiger partial charge on any atom is -0.380 e. The van der Waals surface area contributed by atoms with Crippen LogP contribution < -0.4 is 0 Å². The van der Waals surface area contributed by atoms with Crippen molar-refractivity contribution < 1.29 is 5.11 Å². The van der Waals surface area contributed by atoms with Gasteiger partial charge in [0.25, 0.3) is 0 Å². The molecule has 0 radical (unpaired) electrons. The Labute approximate surface area is 111 Å². The van der Waals surface area contributed by atoms with Crippen LogP contribution in [-0.2, 0) is 5.60 Å². The molecule has 0 saturated heterocycles. The minimum atomic E-state index is -0.956. The molecule has 3 heteroatoms. The zero-order valence-corrected chi connectivity index (χ0v) is 11.3. The highest BCUT2D eigenvalue weighted by atomic mass is 35.5. The lowest BCUT2D eigenvalue weighted by Gasteiger charge is -2.27. The first kappa shape index (κ1) is 12.6. The summed E-state index contributed by atoms with van der Waals surface area (Å²) < 4.78 is 0. The summed E-state index contributed by atoms with van der Waals surface area (Å²) in [4.78, 5) is 2.16. The molecule has 90 valence electrons. The number of halogens is 1. The molecule has 1 aromatic heterocycles. The average Bonchev–Trinajstić information content (AvgIpc) is 2.78. The third-order valence-electron chi connectivity index (χ3n) is 2.86. The van der Waals surface area contributed by atoms with E-state index in [0.717, 1.165) is 10.4 Å². The third-order valence-corrected chi connectivity index (χ3v) is 4.20. The molecule has 1 unspecified atom stereocenters. The van der Waals surface area contributed by atoms with E-state index in [0.29, 0.717) is 12.3 Å². The van der Waals surface area contributed by atoms with Crippen LogP contribution in [0.15, 0.2) is 42.5 Å². The van der Waals surface area contributed by atoms with Gasteiger partial charge in [-0.3, -0.25) is 0 Å². The van der Waals surface area contributed by atoms with Gasteiger partial charge in [0.2, 0.25) is 0 Å². The maximum Gasteiger partial charge on any atom is 0.125 e. The standard InChI is InChI=1S/C14H15ClOS/c1-11-7-8-13(17-11)14(16,9-10-15)12-5-3-2-4-6-12/h2-8,16H,9-10H2,1H3. The van der Waals surface area contributed by atoms with Crippen molar-refractivity contribution in [2.45, 2.75) is 18.9 Å². The maximum absolute atomic E-state index is 10.9. The van der Waals surface area contributed by atoms with Gasteiger partial charge in [-0.2, -0.15) is 0 Å². The Morgan fingerprint density at radius 3 is 2.41 bits per heavy atom. The van der Waals surface area contributed by atoms with Crippen LogP contribution in [0.3, 0.4) is 0 Å². The zero-order chi connectivity index (χ0) is 12.3. The number of thiophene rings is 1. The van der Waals surface area contributed by atoms with Gasteiger partial charge in [-0.05, 0) is 31.0 Å². The van der Waals surface area contributed by atoms with Crippen LogP contribution in [-0.4, -0.2) is 11.0 Å². The first-order valence-electron chi connectivity index (χ1n) is 5.57. The topological polar surface area (TPSA) is 20.2 Å². The first-order chi connectivity index (χ1) is 8.16. The molecule has 0 aliphatic carbocycles. The molecule has 0 saturated carbocycles. The Balaban J connectivity index is 2.46. The molecule has 0 aliphatic heterocycles. The summed E-state index contributed by atoms with van der Waals surface area (Å²) in [5.74, 6) is 0.433. The van der Waals surface area contributed by atoms with E-state index in [2.05, 4.69) is 0 Å². The largest absolute Gasteiger partial charge is 0.380 e. The fourth-order valence-corrected chi connectivity index (χ4v) is 3.20. The molecule has 0 fully saturated rings. The molecule has 17 heavy (non-hydrogen) atoms. The summed E-state index contributed by atoms with van der Waals surface area (Å²) in [6, 6.07) is 13.7. The highest BCUT2D eigenvalue weighted by Crippen LogP contribution is 2.37. The molecule has 1 heterocycles. The highest BCUT2D eigenvalue weighted by molar-refractivity contribution is 7.12. The Morgan fingerprint density at radius 1 is 1.18 bits per heavy atom. The highest BCUT2D eigenvalue weighted by Gasteiger charge is 2.32. The number of rotatable bonds is 4. The summed E-state index contributed by atoms with van der Waals surface area (Å²) in [5, 5.41) is 10.9. The smallest absolute Gasteiger partial charge is 0.125 e. The van der Waals surface area contributed by atoms with Crippen molar-refractivity contribution in [1.82, 2.24) is 0 Å². The van der Waals surface area contributed by atoms with E-state index >= 15 is 0 Å². The molecular formula is C14H15ClOS. The lowest BCUT2D eigenvalue weighted by molar-refractivity contribution is 0.0813. The number of hydrogen-bond acceptors (Lipinski definition) is 2. The predicted octanol–water partition coefficient (Wildman–Crippen LogP) is 3.92. The van der Waals surface area contributed by atoms with E-state index < -0.39 is 5.60 Å². The molecule has 1 nitrogen and oxygen atoms in total. The van der Waals surface area contributed by atoms with E-state index in [4.69, 9.17) is 11.6 Å². The normalized spacial score (nSPS) is 14.5. The van der Waals surface area contributed by atoms with Gasteiger partial charge in [-0.1, -0.05) is 30.3 Å². The van der Waals surface area contributed by atoms with Gasteiger partial charge in [0.05, 0.1) is 0 Å². The molecule has 0 spiro atoms. The van der Waals surface area contributed by atoms with E-state index in [-0.39, 0.29) is 0 Å². The molecule has 1 aromatic carbocycles. The fraction of sp³-hybridized carbons (Fsp3) is 0.286. The van der Waals surface area contributed by atoms with Crippen LogP contribution in [0, 0.1) is 6.92 Å². The summed E-state index contributed by atoms with van der Waals surface area (Å²) in [6.07, 6.45) is 0.526. The van der Waals surface area contributed by atoms with Crippen LogP contribution in [0.1, 0.15) is 21.7 Å². The van der Waals surface area contributed by atoms with Gasteiger partial charge in [-0.25, -0.2) is 0 Å². The Morgan fingerprint density at radius 2 is 1.88 bits per heavy atom.